The highest BCUT2D eigenvalue weighted by Gasteiger charge is 2.26. The molecule has 0 radical (unpaired) electrons. The fourth-order valence-electron chi connectivity index (χ4n) is 1.66. The molecule has 0 atom stereocenters. The Morgan fingerprint density at radius 1 is 1.38 bits per heavy atom. The molecule has 0 unspecified atom stereocenters. The maximum atomic E-state index is 12.4. The van der Waals surface area contributed by atoms with Gasteiger partial charge in [0.15, 0.2) is 0 Å². The van der Waals surface area contributed by atoms with Gasteiger partial charge in [-0.1, -0.05) is 11.8 Å². The zero-order valence-electron chi connectivity index (χ0n) is 12.4. The third kappa shape index (κ3) is 5.44. The molecule has 1 rings (SSSR count). The van der Waals surface area contributed by atoms with Gasteiger partial charge in [0.05, 0.1) is 12.2 Å². The summed E-state index contributed by atoms with van der Waals surface area (Å²) in [6.45, 7) is 2.99. The lowest BCUT2D eigenvalue weighted by atomic mass is 10.1. The zero-order chi connectivity index (χ0) is 16.1. The Hall–Kier alpha value is -1.46. The average molecular weight is 312 g/mol. The molecule has 0 aliphatic rings. The average Bonchev–Trinajstić information content (AvgIpc) is 2.37. The van der Waals surface area contributed by atoms with Crippen LogP contribution in [0.1, 0.15) is 25.8 Å². The number of hydrogen-bond donors (Lipinski definition) is 2. The summed E-state index contributed by atoms with van der Waals surface area (Å²) in [5.41, 5.74) is -0.672. The van der Waals surface area contributed by atoms with Crippen molar-refractivity contribution < 1.29 is 18.6 Å². The van der Waals surface area contributed by atoms with E-state index in [0.29, 0.717) is 12.0 Å². The lowest BCUT2D eigenvalue weighted by molar-refractivity contribution is 0.0640. The van der Waals surface area contributed by atoms with Gasteiger partial charge in [-0.3, -0.25) is 4.98 Å². The van der Waals surface area contributed by atoms with E-state index in [1.165, 1.54) is 39.4 Å². The Morgan fingerprint density at radius 3 is 2.62 bits per heavy atom. The normalized spacial score (nSPS) is 12.1. The van der Waals surface area contributed by atoms with Gasteiger partial charge in [-0.2, -0.15) is 4.31 Å². The number of aliphatic hydroxyl groups is 2. The highest BCUT2D eigenvalue weighted by atomic mass is 32.2. The molecule has 0 amide bonds. The molecule has 0 fully saturated rings. The van der Waals surface area contributed by atoms with E-state index in [-0.39, 0.29) is 18.0 Å². The molecular weight excluding hydrogens is 292 g/mol. The molecule has 0 aliphatic carbocycles. The van der Waals surface area contributed by atoms with Gasteiger partial charge in [-0.05, 0) is 19.9 Å². The quantitative estimate of drug-likeness (QED) is 0.758. The van der Waals surface area contributed by atoms with E-state index in [0.717, 1.165) is 4.31 Å². The van der Waals surface area contributed by atoms with Crippen molar-refractivity contribution in [2.45, 2.75) is 30.8 Å². The second kappa shape index (κ2) is 7.00. The van der Waals surface area contributed by atoms with Gasteiger partial charge in [0.2, 0.25) is 10.0 Å². The second-order valence-corrected chi connectivity index (χ2v) is 7.30. The first kappa shape index (κ1) is 17.6. The van der Waals surface area contributed by atoms with E-state index in [2.05, 4.69) is 16.8 Å². The molecule has 0 spiro atoms. The maximum absolute atomic E-state index is 12.4. The van der Waals surface area contributed by atoms with Crippen LogP contribution in [0.3, 0.4) is 0 Å². The third-order valence-electron chi connectivity index (χ3n) is 2.50. The van der Waals surface area contributed by atoms with Gasteiger partial charge in [0, 0.05) is 38.0 Å². The summed E-state index contributed by atoms with van der Waals surface area (Å²) in [6.07, 6.45) is 3.02. The molecule has 0 saturated carbocycles. The summed E-state index contributed by atoms with van der Waals surface area (Å²) in [5, 5.41) is 18.4. The lowest BCUT2D eigenvalue weighted by Crippen LogP contribution is -2.39. The van der Waals surface area contributed by atoms with Gasteiger partial charge in [-0.15, -0.1) is 0 Å². The predicted molar refractivity (Wildman–Crippen MR) is 78.9 cm³/mol. The smallest absolute Gasteiger partial charge is 0.244 e. The van der Waals surface area contributed by atoms with Crippen LogP contribution in [0.2, 0.25) is 0 Å². The summed E-state index contributed by atoms with van der Waals surface area (Å²) in [6, 6.07) is 1.42. The van der Waals surface area contributed by atoms with Gasteiger partial charge >= 0.3 is 0 Å². The first-order valence-corrected chi connectivity index (χ1v) is 7.84. The van der Waals surface area contributed by atoms with E-state index in [1.807, 2.05) is 0 Å². The number of aliphatic hydroxyl groups excluding tert-OH is 1. The van der Waals surface area contributed by atoms with E-state index in [9.17, 15) is 13.5 Å². The summed E-state index contributed by atoms with van der Waals surface area (Å²) in [4.78, 5) is 3.89. The van der Waals surface area contributed by atoms with Gasteiger partial charge in [-0.25, -0.2) is 8.42 Å². The summed E-state index contributed by atoms with van der Waals surface area (Å²) >= 11 is 0. The Labute approximate surface area is 125 Å². The van der Waals surface area contributed by atoms with Gasteiger partial charge < -0.3 is 10.2 Å². The topological polar surface area (TPSA) is 90.7 Å². The molecule has 0 bridgehead atoms. The SMILES string of the molecule is CN(CC(C)(C)O)S(=O)(=O)c1cncc(C#CCCO)c1. The van der Waals surface area contributed by atoms with Crippen LogP contribution in [0.25, 0.3) is 0 Å². The molecule has 2 N–H and O–H groups in total. The van der Waals surface area contributed by atoms with E-state index >= 15 is 0 Å². The first-order valence-electron chi connectivity index (χ1n) is 6.40. The minimum Gasteiger partial charge on any atom is -0.395 e. The lowest BCUT2D eigenvalue weighted by Gasteiger charge is -2.24. The molecule has 6 nitrogen and oxygen atoms in total. The van der Waals surface area contributed by atoms with Gasteiger partial charge in [0.1, 0.15) is 4.90 Å². The molecular formula is C14H20N2O4S. The van der Waals surface area contributed by atoms with Crippen molar-refractivity contribution in [3.05, 3.63) is 24.0 Å². The molecule has 0 aliphatic heterocycles. The highest BCUT2D eigenvalue weighted by molar-refractivity contribution is 7.89. The van der Waals surface area contributed by atoms with Gasteiger partial charge in [0.25, 0.3) is 0 Å². The monoisotopic (exact) mass is 312 g/mol. The fraction of sp³-hybridized carbons (Fsp3) is 0.500. The molecule has 116 valence electrons. The van der Waals surface area contributed by atoms with Crippen LogP contribution in [0.5, 0.6) is 0 Å². The van der Waals surface area contributed by atoms with E-state index < -0.39 is 15.6 Å². The van der Waals surface area contributed by atoms with Crippen molar-refractivity contribution in [2.75, 3.05) is 20.2 Å². The van der Waals surface area contributed by atoms with Crippen LogP contribution in [0.15, 0.2) is 23.4 Å². The standard InChI is InChI=1S/C14H20N2O4S/c1-14(2,18)11-16(3)21(19,20)13-8-12(9-15-10-13)6-4-5-7-17/h8-10,17-18H,5,7,11H2,1-3H3. The van der Waals surface area contributed by atoms with Crippen molar-refractivity contribution in [3.8, 4) is 11.8 Å². The van der Waals surface area contributed by atoms with Crippen molar-refractivity contribution in [1.82, 2.24) is 9.29 Å². The highest BCUT2D eigenvalue weighted by Crippen LogP contribution is 2.16. The maximum Gasteiger partial charge on any atom is 0.244 e. The Morgan fingerprint density at radius 2 is 2.05 bits per heavy atom. The summed E-state index contributed by atoms with van der Waals surface area (Å²) < 4.78 is 25.8. The molecule has 1 aromatic heterocycles. The Kier molecular flexibility index (Phi) is 5.87. The number of nitrogens with zero attached hydrogens (tertiary/aromatic N) is 2. The van der Waals surface area contributed by atoms with Crippen molar-refractivity contribution >= 4 is 10.0 Å². The number of rotatable bonds is 5. The number of sulfonamides is 1. The molecule has 0 aromatic carbocycles. The molecule has 1 aromatic rings. The molecule has 21 heavy (non-hydrogen) atoms. The Balaban J connectivity index is 3.04. The van der Waals surface area contributed by atoms with Crippen LogP contribution >= 0.6 is 0 Å². The third-order valence-corrected chi connectivity index (χ3v) is 4.27. The minimum atomic E-state index is -3.73. The molecule has 1 heterocycles. The molecule has 7 heteroatoms. The van der Waals surface area contributed by atoms with Crippen LogP contribution in [-0.4, -0.2) is 53.7 Å². The fourth-order valence-corrected chi connectivity index (χ4v) is 2.97. The number of pyridine rings is 1. The predicted octanol–water partition coefficient (Wildman–Crippen LogP) is 0.207. The largest absolute Gasteiger partial charge is 0.395 e. The number of hydrogen-bond acceptors (Lipinski definition) is 5. The minimum absolute atomic E-state index is 0.0186. The summed E-state index contributed by atoms with van der Waals surface area (Å²) in [5.74, 6) is 5.45. The van der Waals surface area contributed by atoms with Crippen molar-refractivity contribution in [3.63, 3.8) is 0 Å². The Bertz CT molecular complexity index is 639. The van der Waals surface area contributed by atoms with E-state index in [1.54, 1.807) is 0 Å². The van der Waals surface area contributed by atoms with Crippen LogP contribution in [0, 0.1) is 11.8 Å². The number of likely N-dealkylation sites (N-methyl/N-ethyl adjacent to an activating group) is 1. The first-order chi connectivity index (χ1) is 9.66. The van der Waals surface area contributed by atoms with Crippen LogP contribution < -0.4 is 0 Å². The number of aromatic nitrogens is 1. The molecule has 0 saturated heterocycles. The van der Waals surface area contributed by atoms with Crippen LogP contribution in [0.4, 0.5) is 0 Å². The van der Waals surface area contributed by atoms with E-state index in [4.69, 9.17) is 5.11 Å². The van der Waals surface area contributed by atoms with Crippen molar-refractivity contribution in [2.24, 2.45) is 0 Å². The van der Waals surface area contributed by atoms with Crippen LogP contribution in [-0.2, 0) is 10.0 Å². The summed E-state index contributed by atoms with van der Waals surface area (Å²) in [7, 11) is -2.33. The zero-order valence-corrected chi connectivity index (χ0v) is 13.2. The second-order valence-electron chi connectivity index (χ2n) is 5.26. The van der Waals surface area contributed by atoms with Crippen molar-refractivity contribution in [1.29, 1.82) is 0 Å².